The van der Waals surface area contributed by atoms with Crippen molar-refractivity contribution in [2.24, 2.45) is 5.84 Å². The number of nitrogens with zero attached hydrogens (tertiary/aromatic N) is 2. The molecule has 0 saturated heterocycles. The number of rotatable bonds is 4. The average Bonchev–Trinajstić information content (AvgIpc) is 2.52. The number of ether oxygens (including phenoxy) is 1. The molecule has 2 rings (SSSR count). The second-order valence-electron chi connectivity index (χ2n) is 4.82. The van der Waals surface area contributed by atoms with Gasteiger partial charge >= 0.3 is 12.0 Å². The molecular weight excluding hydrogens is 304 g/mol. The van der Waals surface area contributed by atoms with Crippen LogP contribution in [0.15, 0.2) is 35.5 Å². The van der Waals surface area contributed by atoms with Gasteiger partial charge in [0.25, 0.3) is 5.69 Å². The van der Waals surface area contributed by atoms with Crippen LogP contribution >= 0.6 is 0 Å². The lowest BCUT2D eigenvalue weighted by molar-refractivity contribution is -0.384. The van der Waals surface area contributed by atoms with E-state index in [0.717, 1.165) is 5.01 Å². The minimum Gasteiger partial charge on any atom is -0.463 e. The van der Waals surface area contributed by atoms with Gasteiger partial charge in [-0.05, 0) is 31.5 Å². The Kier molecular flexibility index (Phi) is 4.60. The van der Waals surface area contributed by atoms with Gasteiger partial charge < -0.3 is 10.1 Å². The Morgan fingerprint density at radius 2 is 2.04 bits per heavy atom. The molecule has 1 aromatic carbocycles. The number of hydrogen-bond donors (Lipinski definition) is 2. The summed E-state index contributed by atoms with van der Waals surface area (Å²) in [6.07, 6.45) is 0. The fraction of sp³-hybridized carbons (Fsp3) is 0.286. The summed E-state index contributed by atoms with van der Waals surface area (Å²) in [4.78, 5) is 34.3. The lowest BCUT2D eigenvalue weighted by Gasteiger charge is -2.32. The van der Waals surface area contributed by atoms with Crippen LogP contribution in [0.3, 0.4) is 0 Å². The molecular formula is C14H16N4O5. The Morgan fingerprint density at radius 3 is 2.57 bits per heavy atom. The quantitative estimate of drug-likeness (QED) is 0.283. The van der Waals surface area contributed by atoms with Crippen LogP contribution in [0.1, 0.15) is 25.5 Å². The van der Waals surface area contributed by atoms with Gasteiger partial charge in [0.05, 0.1) is 23.1 Å². The molecule has 1 aliphatic rings. The standard InChI is InChI=1S/C14H16N4O5/c1-3-23-13(19)11-8(2)17(15)14(20)16-12(11)9-4-6-10(7-5-9)18(21)22/h4-7,12H,3,15H2,1-2H3,(H,16,20)/t12-/m0/s1. The van der Waals surface area contributed by atoms with E-state index < -0.39 is 23.0 Å². The van der Waals surface area contributed by atoms with E-state index in [1.807, 2.05) is 0 Å². The molecule has 0 unspecified atom stereocenters. The minimum atomic E-state index is -0.790. The zero-order chi connectivity index (χ0) is 17.1. The highest BCUT2D eigenvalue weighted by Gasteiger charge is 2.35. The van der Waals surface area contributed by atoms with Crippen molar-refractivity contribution in [2.45, 2.75) is 19.9 Å². The van der Waals surface area contributed by atoms with Gasteiger partial charge in [0.2, 0.25) is 0 Å². The van der Waals surface area contributed by atoms with Crippen molar-refractivity contribution in [1.29, 1.82) is 0 Å². The average molecular weight is 320 g/mol. The number of nitrogens with two attached hydrogens (primary N) is 1. The first-order chi connectivity index (χ1) is 10.9. The maximum atomic E-state index is 12.2. The van der Waals surface area contributed by atoms with E-state index in [9.17, 15) is 19.7 Å². The molecule has 3 N–H and O–H groups in total. The molecule has 23 heavy (non-hydrogen) atoms. The minimum absolute atomic E-state index is 0.0882. The van der Waals surface area contributed by atoms with Crippen molar-refractivity contribution in [3.05, 3.63) is 51.2 Å². The van der Waals surface area contributed by atoms with E-state index in [4.69, 9.17) is 10.6 Å². The second-order valence-corrected chi connectivity index (χ2v) is 4.82. The highest BCUT2D eigenvalue weighted by Crippen LogP contribution is 2.30. The number of amides is 2. The van der Waals surface area contributed by atoms with Gasteiger partial charge in [-0.2, -0.15) is 0 Å². The van der Waals surface area contributed by atoms with Gasteiger partial charge in [0, 0.05) is 17.8 Å². The van der Waals surface area contributed by atoms with Crippen molar-refractivity contribution < 1.29 is 19.2 Å². The number of nitro benzene ring substituents is 1. The molecule has 1 heterocycles. The number of carbonyl (C=O) groups is 2. The molecule has 0 fully saturated rings. The topological polar surface area (TPSA) is 128 Å². The molecule has 0 bridgehead atoms. The third-order valence-corrected chi connectivity index (χ3v) is 3.46. The molecule has 9 nitrogen and oxygen atoms in total. The molecule has 0 aromatic heterocycles. The van der Waals surface area contributed by atoms with E-state index in [2.05, 4.69) is 5.32 Å². The summed E-state index contributed by atoms with van der Waals surface area (Å²) in [6, 6.07) is 4.17. The van der Waals surface area contributed by atoms with Crippen LogP contribution < -0.4 is 11.2 Å². The first-order valence-electron chi connectivity index (χ1n) is 6.84. The largest absolute Gasteiger partial charge is 0.463 e. The van der Waals surface area contributed by atoms with Crippen LogP contribution in [-0.2, 0) is 9.53 Å². The summed E-state index contributed by atoms with van der Waals surface area (Å²) < 4.78 is 5.01. The van der Waals surface area contributed by atoms with Gasteiger partial charge in [0.1, 0.15) is 0 Å². The number of hydrazine groups is 1. The third-order valence-electron chi connectivity index (χ3n) is 3.46. The first kappa shape index (κ1) is 16.4. The smallest absolute Gasteiger partial charge is 0.338 e. The Morgan fingerprint density at radius 1 is 1.43 bits per heavy atom. The SMILES string of the molecule is CCOC(=O)C1=C(C)N(N)C(=O)N[C@H]1c1ccc([N+](=O)[O-])cc1. The number of nitrogens with one attached hydrogen (secondary N) is 1. The lowest BCUT2D eigenvalue weighted by Crippen LogP contribution is -2.51. The van der Waals surface area contributed by atoms with Crippen molar-refractivity contribution in [1.82, 2.24) is 10.3 Å². The monoisotopic (exact) mass is 320 g/mol. The Balaban J connectivity index is 2.46. The third kappa shape index (κ3) is 3.14. The van der Waals surface area contributed by atoms with E-state index in [1.165, 1.54) is 31.2 Å². The number of esters is 1. The summed E-state index contributed by atoms with van der Waals surface area (Å²) in [5.74, 6) is 5.01. The molecule has 0 saturated carbocycles. The van der Waals surface area contributed by atoms with Crippen LogP contribution in [0.5, 0.6) is 0 Å². The Labute approximate surface area is 131 Å². The number of benzene rings is 1. The number of non-ortho nitro benzene ring substituents is 1. The van der Waals surface area contributed by atoms with Crippen LogP contribution in [-0.4, -0.2) is 28.5 Å². The molecule has 122 valence electrons. The summed E-state index contributed by atoms with van der Waals surface area (Å²) >= 11 is 0. The summed E-state index contributed by atoms with van der Waals surface area (Å²) in [5, 5.41) is 14.1. The van der Waals surface area contributed by atoms with Crippen molar-refractivity contribution in [3.8, 4) is 0 Å². The summed E-state index contributed by atoms with van der Waals surface area (Å²) in [6.45, 7) is 3.36. The maximum Gasteiger partial charge on any atom is 0.338 e. The van der Waals surface area contributed by atoms with E-state index in [-0.39, 0.29) is 23.6 Å². The first-order valence-corrected chi connectivity index (χ1v) is 6.84. The highest BCUT2D eigenvalue weighted by atomic mass is 16.6. The van der Waals surface area contributed by atoms with E-state index in [0.29, 0.717) is 5.56 Å². The van der Waals surface area contributed by atoms with E-state index >= 15 is 0 Å². The number of hydrogen-bond acceptors (Lipinski definition) is 6. The van der Waals surface area contributed by atoms with Gasteiger partial charge in [-0.15, -0.1) is 0 Å². The van der Waals surface area contributed by atoms with Gasteiger partial charge in [-0.1, -0.05) is 0 Å². The molecule has 1 aliphatic heterocycles. The number of nitro groups is 1. The van der Waals surface area contributed by atoms with Crippen LogP contribution in [0, 0.1) is 10.1 Å². The predicted molar refractivity (Wildman–Crippen MR) is 79.7 cm³/mol. The zero-order valence-electron chi connectivity index (χ0n) is 12.6. The van der Waals surface area contributed by atoms with Crippen LogP contribution in [0.2, 0.25) is 0 Å². The molecule has 0 aliphatic carbocycles. The molecule has 0 spiro atoms. The van der Waals surface area contributed by atoms with Crippen molar-refractivity contribution in [2.75, 3.05) is 6.61 Å². The van der Waals surface area contributed by atoms with E-state index in [1.54, 1.807) is 6.92 Å². The van der Waals surface area contributed by atoms with Gasteiger partial charge in [-0.25, -0.2) is 20.4 Å². The molecule has 2 amide bonds. The van der Waals surface area contributed by atoms with Crippen LogP contribution in [0.25, 0.3) is 0 Å². The Bertz CT molecular complexity index is 683. The summed E-state index contributed by atoms with van der Waals surface area (Å²) in [7, 11) is 0. The van der Waals surface area contributed by atoms with Gasteiger partial charge in [0.15, 0.2) is 0 Å². The lowest BCUT2D eigenvalue weighted by atomic mass is 9.95. The van der Waals surface area contributed by atoms with Crippen LogP contribution in [0.4, 0.5) is 10.5 Å². The maximum absolute atomic E-state index is 12.2. The fourth-order valence-electron chi connectivity index (χ4n) is 2.27. The molecule has 1 atom stereocenters. The summed E-state index contributed by atoms with van der Waals surface area (Å²) in [5.41, 5.74) is 0.868. The number of allylic oxidation sites excluding steroid dienone is 1. The molecule has 1 aromatic rings. The normalized spacial score (nSPS) is 17.8. The predicted octanol–water partition coefficient (Wildman–Crippen LogP) is 1.37. The second kappa shape index (κ2) is 6.44. The Hall–Kier alpha value is -2.94. The number of carbonyl (C=O) groups excluding carboxylic acids is 2. The zero-order valence-corrected chi connectivity index (χ0v) is 12.6. The molecule has 0 radical (unpaired) electrons. The number of urea groups is 1. The highest BCUT2D eigenvalue weighted by molar-refractivity contribution is 5.94. The van der Waals surface area contributed by atoms with Crippen molar-refractivity contribution >= 4 is 17.7 Å². The van der Waals surface area contributed by atoms with Gasteiger partial charge in [-0.3, -0.25) is 10.1 Å². The van der Waals surface area contributed by atoms with Crippen molar-refractivity contribution in [3.63, 3.8) is 0 Å². The fourth-order valence-corrected chi connectivity index (χ4v) is 2.27. The molecule has 9 heteroatoms.